The number of benzene rings is 2. The van der Waals surface area contributed by atoms with E-state index in [4.69, 9.17) is 9.15 Å². The number of ether oxygens (including phenoxy) is 1. The summed E-state index contributed by atoms with van der Waals surface area (Å²) in [5.74, 6) is 0.596. The van der Waals surface area contributed by atoms with E-state index in [0.717, 1.165) is 5.39 Å². The van der Waals surface area contributed by atoms with Crippen molar-refractivity contribution in [2.45, 2.75) is 13.8 Å². The molecule has 1 aromatic heterocycles. The Kier molecular flexibility index (Phi) is 4.70. The van der Waals surface area contributed by atoms with Crippen molar-refractivity contribution in [3.8, 4) is 11.5 Å². The summed E-state index contributed by atoms with van der Waals surface area (Å²) < 4.78 is 11.4. The molecule has 2 aromatic carbocycles. The van der Waals surface area contributed by atoms with E-state index in [1.807, 2.05) is 31.2 Å². The molecule has 0 radical (unpaired) electrons. The summed E-state index contributed by atoms with van der Waals surface area (Å²) in [6.45, 7) is 4.17. The van der Waals surface area contributed by atoms with Crippen molar-refractivity contribution in [3.63, 3.8) is 0 Å². The van der Waals surface area contributed by atoms with Crippen molar-refractivity contribution < 1.29 is 19.1 Å². The molecular formula is C19H18N2O4. The Balaban J connectivity index is 1.83. The van der Waals surface area contributed by atoms with Gasteiger partial charge in [-0.15, -0.1) is 0 Å². The Labute approximate surface area is 144 Å². The number of phenolic OH excluding ortho intramolecular Hbond substituents is 1. The highest BCUT2D eigenvalue weighted by atomic mass is 16.5. The summed E-state index contributed by atoms with van der Waals surface area (Å²) in [5.41, 5.74) is 3.72. The number of hydrogen-bond acceptors (Lipinski definition) is 5. The number of fused-ring (bicyclic) bond motifs is 1. The first-order valence-electron chi connectivity index (χ1n) is 7.88. The fourth-order valence-corrected chi connectivity index (χ4v) is 2.40. The zero-order valence-corrected chi connectivity index (χ0v) is 13.9. The number of hydrazone groups is 1. The van der Waals surface area contributed by atoms with Gasteiger partial charge >= 0.3 is 0 Å². The van der Waals surface area contributed by atoms with Crippen molar-refractivity contribution in [1.29, 1.82) is 0 Å². The summed E-state index contributed by atoms with van der Waals surface area (Å²) in [6.07, 6.45) is 0. The number of rotatable bonds is 5. The van der Waals surface area contributed by atoms with Gasteiger partial charge in [0.15, 0.2) is 17.1 Å². The molecule has 0 saturated carbocycles. The predicted molar refractivity (Wildman–Crippen MR) is 95.2 cm³/mol. The largest absolute Gasteiger partial charge is 0.507 e. The van der Waals surface area contributed by atoms with E-state index in [9.17, 15) is 9.90 Å². The van der Waals surface area contributed by atoms with Gasteiger partial charge in [-0.3, -0.25) is 4.79 Å². The number of phenols is 1. The Morgan fingerprint density at radius 3 is 2.80 bits per heavy atom. The van der Waals surface area contributed by atoms with Gasteiger partial charge in [-0.05, 0) is 38.1 Å². The summed E-state index contributed by atoms with van der Waals surface area (Å²) in [7, 11) is 0. The van der Waals surface area contributed by atoms with Crippen molar-refractivity contribution in [1.82, 2.24) is 5.43 Å². The van der Waals surface area contributed by atoms with Crippen LogP contribution < -0.4 is 10.2 Å². The van der Waals surface area contributed by atoms with Crippen molar-refractivity contribution >= 4 is 22.6 Å². The number of carbonyl (C=O) groups excluding carboxylic acids is 1. The molecule has 1 amide bonds. The smallest absolute Gasteiger partial charge is 0.275 e. The van der Waals surface area contributed by atoms with Crippen LogP contribution in [0.4, 0.5) is 0 Å². The highest BCUT2D eigenvalue weighted by Crippen LogP contribution is 2.29. The molecule has 3 rings (SSSR count). The topological polar surface area (TPSA) is 84.1 Å². The second kappa shape index (κ2) is 7.09. The van der Waals surface area contributed by atoms with Gasteiger partial charge < -0.3 is 14.3 Å². The zero-order chi connectivity index (χ0) is 17.8. The molecule has 25 heavy (non-hydrogen) atoms. The molecular weight excluding hydrogens is 320 g/mol. The number of para-hydroxylation sites is 2. The standard InChI is InChI=1S/C19H18N2O4/c1-3-24-16-10-6-7-13-11-17(25-18(13)16)12(2)20-21-19(23)14-8-4-5-9-15(14)22/h4-11,22H,3H2,1-2H3,(H,21,23)/b20-12-. The Morgan fingerprint density at radius 2 is 2.04 bits per heavy atom. The molecule has 0 aliphatic heterocycles. The number of amides is 1. The molecule has 0 unspecified atom stereocenters. The lowest BCUT2D eigenvalue weighted by Crippen LogP contribution is -2.19. The molecule has 0 aliphatic rings. The number of nitrogens with zero attached hydrogens (tertiary/aromatic N) is 1. The van der Waals surface area contributed by atoms with Gasteiger partial charge in [0.05, 0.1) is 12.2 Å². The fraction of sp³-hybridized carbons (Fsp3) is 0.158. The molecule has 0 atom stereocenters. The van der Waals surface area contributed by atoms with Crippen LogP contribution in [0.1, 0.15) is 30.0 Å². The Bertz CT molecular complexity index is 944. The van der Waals surface area contributed by atoms with E-state index >= 15 is 0 Å². The van der Waals surface area contributed by atoms with Crippen molar-refractivity contribution in [3.05, 3.63) is 59.9 Å². The number of hydrogen-bond donors (Lipinski definition) is 2. The first-order valence-corrected chi connectivity index (χ1v) is 7.88. The minimum atomic E-state index is -0.497. The van der Waals surface area contributed by atoms with Gasteiger partial charge in [-0.2, -0.15) is 5.10 Å². The van der Waals surface area contributed by atoms with Gasteiger partial charge in [0.25, 0.3) is 5.91 Å². The van der Waals surface area contributed by atoms with Gasteiger partial charge in [0.2, 0.25) is 0 Å². The van der Waals surface area contributed by atoms with Gasteiger partial charge in [-0.25, -0.2) is 5.43 Å². The third-order valence-electron chi connectivity index (χ3n) is 3.64. The van der Waals surface area contributed by atoms with Crippen molar-refractivity contribution in [2.24, 2.45) is 5.10 Å². The van der Waals surface area contributed by atoms with Crippen LogP contribution in [-0.4, -0.2) is 23.3 Å². The molecule has 0 spiro atoms. The van der Waals surface area contributed by atoms with Crippen LogP contribution in [0.5, 0.6) is 11.5 Å². The lowest BCUT2D eigenvalue weighted by atomic mass is 10.2. The van der Waals surface area contributed by atoms with E-state index in [1.165, 1.54) is 12.1 Å². The summed E-state index contributed by atoms with van der Waals surface area (Å²) in [5, 5.41) is 14.6. The molecule has 128 valence electrons. The number of nitrogens with one attached hydrogen (secondary N) is 1. The molecule has 0 aliphatic carbocycles. The van der Waals surface area contributed by atoms with Crippen LogP contribution in [0.3, 0.4) is 0 Å². The highest BCUT2D eigenvalue weighted by Gasteiger charge is 2.13. The summed E-state index contributed by atoms with van der Waals surface area (Å²) >= 11 is 0. The van der Waals surface area contributed by atoms with E-state index < -0.39 is 5.91 Å². The van der Waals surface area contributed by atoms with Crippen LogP contribution in [0.15, 0.2) is 58.0 Å². The van der Waals surface area contributed by atoms with Gasteiger partial charge in [-0.1, -0.05) is 24.3 Å². The van der Waals surface area contributed by atoms with Crippen LogP contribution in [0.2, 0.25) is 0 Å². The van der Waals surface area contributed by atoms with E-state index in [-0.39, 0.29) is 11.3 Å². The Hall–Kier alpha value is -3.28. The maximum absolute atomic E-state index is 12.1. The maximum atomic E-state index is 12.1. The van der Waals surface area contributed by atoms with Crippen LogP contribution in [-0.2, 0) is 0 Å². The van der Waals surface area contributed by atoms with E-state index in [0.29, 0.717) is 29.4 Å². The quantitative estimate of drug-likeness (QED) is 0.549. The average Bonchev–Trinajstić information content (AvgIpc) is 3.05. The molecule has 6 heteroatoms. The van der Waals surface area contributed by atoms with Gasteiger partial charge in [0.1, 0.15) is 11.5 Å². The lowest BCUT2D eigenvalue weighted by molar-refractivity contribution is 0.0952. The molecule has 1 heterocycles. The second-order valence-corrected chi connectivity index (χ2v) is 5.37. The Morgan fingerprint density at radius 1 is 1.24 bits per heavy atom. The number of carbonyl (C=O) groups is 1. The third-order valence-corrected chi connectivity index (χ3v) is 3.64. The summed E-state index contributed by atoms with van der Waals surface area (Å²) in [4.78, 5) is 12.1. The normalized spacial score (nSPS) is 11.5. The van der Waals surface area contributed by atoms with Crippen LogP contribution in [0.25, 0.3) is 11.0 Å². The van der Waals surface area contributed by atoms with E-state index in [1.54, 1.807) is 19.1 Å². The molecule has 0 bridgehead atoms. The first-order chi connectivity index (χ1) is 12.1. The number of aromatic hydroxyl groups is 1. The van der Waals surface area contributed by atoms with Crippen molar-refractivity contribution in [2.75, 3.05) is 6.61 Å². The predicted octanol–water partition coefficient (Wildman–Crippen LogP) is 3.69. The minimum absolute atomic E-state index is 0.0991. The molecule has 2 N–H and O–H groups in total. The maximum Gasteiger partial charge on any atom is 0.275 e. The number of furan rings is 1. The second-order valence-electron chi connectivity index (χ2n) is 5.37. The third kappa shape index (κ3) is 3.47. The first kappa shape index (κ1) is 16.6. The minimum Gasteiger partial charge on any atom is -0.507 e. The highest BCUT2D eigenvalue weighted by molar-refractivity contribution is 6.02. The van der Waals surface area contributed by atoms with Gasteiger partial charge in [0, 0.05) is 5.39 Å². The molecule has 6 nitrogen and oxygen atoms in total. The zero-order valence-electron chi connectivity index (χ0n) is 13.9. The monoisotopic (exact) mass is 338 g/mol. The average molecular weight is 338 g/mol. The van der Waals surface area contributed by atoms with Crippen LogP contribution in [0, 0.1) is 0 Å². The molecule has 0 saturated heterocycles. The fourth-order valence-electron chi connectivity index (χ4n) is 2.40. The molecule has 0 fully saturated rings. The SMILES string of the molecule is CCOc1cccc2cc(/C(C)=N\NC(=O)c3ccccc3O)oc12. The van der Waals surface area contributed by atoms with E-state index in [2.05, 4.69) is 10.5 Å². The van der Waals surface area contributed by atoms with Crippen LogP contribution >= 0.6 is 0 Å². The lowest BCUT2D eigenvalue weighted by Gasteiger charge is -2.03. The molecule has 3 aromatic rings. The summed E-state index contributed by atoms with van der Waals surface area (Å²) in [6, 6.07) is 13.8.